The van der Waals surface area contributed by atoms with Gasteiger partial charge in [0.05, 0.1) is 18.8 Å². The van der Waals surface area contributed by atoms with E-state index in [0.717, 1.165) is 48.6 Å². The van der Waals surface area contributed by atoms with Crippen LogP contribution in [-0.4, -0.2) is 34.6 Å². The van der Waals surface area contributed by atoms with Crippen molar-refractivity contribution in [2.45, 2.75) is 26.5 Å². The lowest BCUT2D eigenvalue weighted by atomic mass is 10.3. The molecule has 0 aliphatic carbocycles. The van der Waals surface area contributed by atoms with Crippen molar-refractivity contribution in [3.05, 3.63) is 33.9 Å². The highest BCUT2D eigenvalue weighted by molar-refractivity contribution is 7.09. The van der Waals surface area contributed by atoms with E-state index < -0.39 is 0 Å². The minimum atomic E-state index is 0.0749. The van der Waals surface area contributed by atoms with Crippen molar-refractivity contribution in [3.8, 4) is 0 Å². The summed E-state index contributed by atoms with van der Waals surface area (Å²) in [5.74, 6) is 1.69. The maximum atomic E-state index is 5.77. The molecule has 2 aromatic rings. The van der Waals surface area contributed by atoms with Crippen molar-refractivity contribution in [1.29, 1.82) is 0 Å². The lowest BCUT2D eigenvalue weighted by molar-refractivity contribution is -0.0352. The smallest absolute Gasteiger partial charge is 0.208 e. The van der Waals surface area contributed by atoms with Gasteiger partial charge in [-0.25, -0.2) is 9.97 Å². The van der Waals surface area contributed by atoms with Crippen LogP contribution in [0.15, 0.2) is 16.0 Å². The summed E-state index contributed by atoms with van der Waals surface area (Å²) in [4.78, 5) is 11.1. The normalized spacial score (nSPS) is 20.8. The van der Waals surface area contributed by atoms with E-state index in [0.29, 0.717) is 0 Å². The number of oxazole rings is 1. The van der Waals surface area contributed by atoms with Gasteiger partial charge in [0.15, 0.2) is 0 Å². The molecule has 3 heterocycles. The molecule has 0 unspecified atom stereocenters. The van der Waals surface area contributed by atoms with Crippen LogP contribution in [0.3, 0.4) is 0 Å². The number of rotatable bonds is 3. The molecule has 0 spiro atoms. The van der Waals surface area contributed by atoms with E-state index in [4.69, 9.17) is 9.15 Å². The van der Waals surface area contributed by atoms with Crippen molar-refractivity contribution >= 4 is 11.3 Å². The Hall–Kier alpha value is -1.24. The zero-order valence-corrected chi connectivity index (χ0v) is 11.9. The van der Waals surface area contributed by atoms with Crippen LogP contribution in [0, 0.1) is 13.8 Å². The van der Waals surface area contributed by atoms with Crippen molar-refractivity contribution < 1.29 is 9.15 Å². The summed E-state index contributed by atoms with van der Waals surface area (Å²) in [5, 5.41) is 3.03. The Morgan fingerprint density at radius 1 is 1.47 bits per heavy atom. The van der Waals surface area contributed by atoms with Crippen molar-refractivity contribution in [1.82, 2.24) is 14.9 Å². The standard InChI is InChI=1S/C13H17N3O2S/c1-9-10(2)18-12(15-9)8-16-4-5-17-11(7-16)13-14-3-6-19-13/h3,6,11H,4-5,7-8H2,1-2H3/t11-/m0/s1. The van der Waals surface area contributed by atoms with Gasteiger partial charge in [-0.05, 0) is 13.8 Å². The van der Waals surface area contributed by atoms with E-state index in [9.17, 15) is 0 Å². The monoisotopic (exact) mass is 279 g/mol. The van der Waals surface area contributed by atoms with E-state index in [1.54, 1.807) is 11.3 Å². The molecule has 1 aliphatic heterocycles. The van der Waals surface area contributed by atoms with Gasteiger partial charge in [-0.3, -0.25) is 4.90 Å². The second-order valence-corrected chi connectivity index (χ2v) is 5.64. The molecule has 1 fully saturated rings. The fourth-order valence-electron chi connectivity index (χ4n) is 2.19. The SMILES string of the molecule is Cc1nc(CN2CCO[C@H](c3nccs3)C2)oc1C. The zero-order valence-electron chi connectivity index (χ0n) is 11.1. The molecule has 3 rings (SSSR count). The van der Waals surface area contributed by atoms with Crippen molar-refractivity contribution in [3.63, 3.8) is 0 Å². The fourth-order valence-corrected chi connectivity index (χ4v) is 2.86. The van der Waals surface area contributed by atoms with Crippen LogP contribution < -0.4 is 0 Å². The highest BCUT2D eigenvalue weighted by Gasteiger charge is 2.24. The number of hydrogen-bond acceptors (Lipinski definition) is 6. The second kappa shape index (κ2) is 5.40. The predicted octanol–water partition coefficient (Wildman–Crippen LogP) is 2.32. The van der Waals surface area contributed by atoms with Crippen LogP contribution in [0.1, 0.15) is 28.5 Å². The number of morpholine rings is 1. The summed E-state index contributed by atoms with van der Waals surface area (Å²) in [6.45, 7) is 7.13. The number of ether oxygens (including phenoxy) is 1. The summed E-state index contributed by atoms with van der Waals surface area (Å²) >= 11 is 1.64. The van der Waals surface area contributed by atoms with Gasteiger partial charge >= 0.3 is 0 Å². The number of aromatic nitrogens is 2. The summed E-state index contributed by atoms with van der Waals surface area (Å²) in [6.07, 6.45) is 1.90. The summed E-state index contributed by atoms with van der Waals surface area (Å²) in [6, 6.07) is 0. The quantitative estimate of drug-likeness (QED) is 0.863. The molecule has 0 saturated carbocycles. The Balaban J connectivity index is 1.65. The van der Waals surface area contributed by atoms with Gasteiger partial charge in [0, 0.05) is 24.7 Å². The average Bonchev–Trinajstić information content (AvgIpc) is 3.01. The third-order valence-electron chi connectivity index (χ3n) is 3.31. The van der Waals surface area contributed by atoms with Crippen molar-refractivity contribution in [2.24, 2.45) is 0 Å². The topological polar surface area (TPSA) is 51.4 Å². The molecule has 1 saturated heterocycles. The second-order valence-electron chi connectivity index (χ2n) is 4.71. The van der Waals surface area contributed by atoms with E-state index in [1.807, 2.05) is 25.4 Å². The summed E-state index contributed by atoms with van der Waals surface area (Å²) in [5.41, 5.74) is 0.972. The molecule has 5 nitrogen and oxygen atoms in total. The van der Waals surface area contributed by atoms with E-state index >= 15 is 0 Å². The van der Waals surface area contributed by atoms with Crippen LogP contribution in [0.4, 0.5) is 0 Å². The summed E-state index contributed by atoms with van der Waals surface area (Å²) in [7, 11) is 0. The summed E-state index contributed by atoms with van der Waals surface area (Å²) < 4.78 is 11.4. The molecule has 0 amide bonds. The molecule has 0 bridgehead atoms. The Kier molecular flexibility index (Phi) is 3.63. The number of nitrogens with zero attached hydrogens (tertiary/aromatic N) is 3. The van der Waals surface area contributed by atoms with Crippen LogP contribution >= 0.6 is 11.3 Å². The molecule has 1 atom stereocenters. The minimum Gasteiger partial charge on any atom is -0.444 e. The number of aryl methyl sites for hydroxylation is 2. The number of thiazole rings is 1. The Morgan fingerprint density at radius 3 is 3.05 bits per heavy atom. The molecule has 2 aromatic heterocycles. The van der Waals surface area contributed by atoms with Gasteiger partial charge in [-0.1, -0.05) is 0 Å². The average molecular weight is 279 g/mol. The Labute approximate surface area is 116 Å². The largest absolute Gasteiger partial charge is 0.444 e. The molecular weight excluding hydrogens is 262 g/mol. The van der Waals surface area contributed by atoms with Gasteiger partial charge in [-0.2, -0.15) is 0 Å². The van der Waals surface area contributed by atoms with Crippen LogP contribution in [0.2, 0.25) is 0 Å². The molecule has 0 N–H and O–H groups in total. The molecule has 0 aromatic carbocycles. The first kappa shape index (κ1) is 12.8. The van der Waals surface area contributed by atoms with Crippen LogP contribution in [-0.2, 0) is 11.3 Å². The molecule has 19 heavy (non-hydrogen) atoms. The first-order chi connectivity index (χ1) is 9.22. The highest BCUT2D eigenvalue weighted by atomic mass is 32.1. The van der Waals surface area contributed by atoms with E-state index in [1.165, 1.54) is 0 Å². The number of hydrogen-bond donors (Lipinski definition) is 0. The Bertz CT molecular complexity index is 519. The highest BCUT2D eigenvalue weighted by Crippen LogP contribution is 2.24. The molecule has 1 aliphatic rings. The zero-order chi connectivity index (χ0) is 13.2. The Morgan fingerprint density at radius 2 is 2.37 bits per heavy atom. The minimum absolute atomic E-state index is 0.0749. The van der Waals surface area contributed by atoms with Gasteiger partial charge in [0.1, 0.15) is 16.9 Å². The van der Waals surface area contributed by atoms with E-state index in [2.05, 4.69) is 14.9 Å². The van der Waals surface area contributed by atoms with Crippen LogP contribution in [0.25, 0.3) is 0 Å². The third kappa shape index (κ3) is 2.86. The van der Waals surface area contributed by atoms with Crippen molar-refractivity contribution in [2.75, 3.05) is 19.7 Å². The fraction of sp³-hybridized carbons (Fsp3) is 0.538. The van der Waals surface area contributed by atoms with Gasteiger partial charge < -0.3 is 9.15 Å². The van der Waals surface area contributed by atoms with E-state index in [-0.39, 0.29) is 6.10 Å². The van der Waals surface area contributed by atoms with Crippen LogP contribution in [0.5, 0.6) is 0 Å². The van der Waals surface area contributed by atoms with Gasteiger partial charge in [0.2, 0.25) is 5.89 Å². The lowest BCUT2D eigenvalue weighted by Crippen LogP contribution is -2.37. The first-order valence-corrected chi connectivity index (χ1v) is 7.26. The lowest BCUT2D eigenvalue weighted by Gasteiger charge is -2.30. The van der Waals surface area contributed by atoms with Gasteiger partial charge in [0.25, 0.3) is 0 Å². The predicted molar refractivity (Wildman–Crippen MR) is 72.1 cm³/mol. The molecular formula is C13H17N3O2S. The molecule has 0 radical (unpaired) electrons. The molecule has 6 heteroatoms. The maximum absolute atomic E-state index is 5.77. The van der Waals surface area contributed by atoms with Gasteiger partial charge in [-0.15, -0.1) is 11.3 Å². The maximum Gasteiger partial charge on any atom is 0.208 e. The first-order valence-electron chi connectivity index (χ1n) is 6.38. The molecule has 102 valence electrons. The third-order valence-corrected chi connectivity index (χ3v) is 4.18.